The fraction of sp³-hybridized carbons (Fsp3) is 0.857. The van der Waals surface area contributed by atoms with E-state index in [0.29, 0.717) is 11.8 Å². The van der Waals surface area contributed by atoms with E-state index in [9.17, 15) is 4.79 Å². The highest BCUT2D eigenvalue weighted by atomic mass is 16.4. The van der Waals surface area contributed by atoms with Crippen LogP contribution in [0.15, 0.2) is 5.16 Å². The zero-order valence-corrected chi connectivity index (χ0v) is 11.4. The smallest absolute Gasteiger partial charge is 0.224 e. The normalized spacial score (nSPS) is 40.9. The predicted octanol–water partition coefficient (Wildman–Crippen LogP) is 1.31. The van der Waals surface area contributed by atoms with E-state index in [1.54, 1.807) is 0 Å². The molecule has 3 rings (SSSR count). The van der Waals surface area contributed by atoms with Crippen molar-refractivity contribution in [1.29, 1.82) is 0 Å². The van der Waals surface area contributed by atoms with Gasteiger partial charge < -0.3 is 16.3 Å². The third-order valence-electron chi connectivity index (χ3n) is 5.40. The summed E-state index contributed by atoms with van der Waals surface area (Å²) in [5.41, 5.74) is 5.64. The van der Waals surface area contributed by atoms with Crippen molar-refractivity contribution in [3.8, 4) is 0 Å². The van der Waals surface area contributed by atoms with Gasteiger partial charge in [-0.15, -0.1) is 0 Å². The van der Waals surface area contributed by atoms with Crippen molar-refractivity contribution in [2.24, 2.45) is 40.5 Å². The lowest BCUT2D eigenvalue weighted by atomic mass is 10.0. The number of oxime groups is 1. The average molecular weight is 265 g/mol. The summed E-state index contributed by atoms with van der Waals surface area (Å²) in [6.45, 7) is 2.02. The van der Waals surface area contributed by atoms with Crippen LogP contribution in [0, 0.1) is 29.6 Å². The average Bonchev–Trinajstić information content (AvgIpc) is 2.86. The summed E-state index contributed by atoms with van der Waals surface area (Å²) >= 11 is 0. The van der Waals surface area contributed by atoms with Crippen LogP contribution in [0.5, 0.6) is 0 Å². The predicted molar refractivity (Wildman–Crippen MR) is 71.5 cm³/mol. The van der Waals surface area contributed by atoms with Crippen LogP contribution in [0.2, 0.25) is 0 Å². The number of amides is 1. The van der Waals surface area contributed by atoms with Gasteiger partial charge in [0.1, 0.15) is 0 Å². The SMILES string of the molecule is CCCC(NC(=O)C1C2C3CCC(C3)C12)C(N)=NO. The molecule has 0 aromatic carbocycles. The Bertz CT molecular complexity index is 393. The number of nitrogens with zero attached hydrogens (tertiary/aromatic N) is 1. The van der Waals surface area contributed by atoms with Crippen LogP contribution in [-0.4, -0.2) is 23.0 Å². The minimum Gasteiger partial charge on any atom is -0.409 e. The van der Waals surface area contributed by atoms with E-state index in [0.717, 1.165) is 24.7 Å². The first-order valence-electron chi connectivity index (χ1n) is 7.45. The minimum absolute atomic E-state index is 0.115. The second-order valence-electron chi connectivity index (χ2n) is 6.39. The maximum Gasteiger partial charge on any atom is 0.224 e. The molecule has 0 radical (unpaired) electrons. The van der Waals surface area contributed by atoms with E-state index >= 15 is 0 Å². The monoisotopic (exact) mass is 265 g/mol. The lowest BCUT2D eigenvalue weighted by Crippen LogP contribution is -2.45. The van der Waals surface area contributed by atoms with Gasteiger partial charge in [0.05, 0.1) is 6.04 Å². The first kappa shape index (κ1) is 12.8. The van der Waals surface area contributed by atoms with Gasteiger partial charge in [0, 0.05) is 5.92 Å². The molecular formula is C14H23N3O2. The van der Waals surface area contributed by atoms with Crippen LogP contribution in [-0.2, 0) is 4.79 Å². The van der Waals surface area contributed by atoms with Gasteiger partial charge in [0.15, 0.2) is 5.84 Å². The van der Waals surface area contributed by atoms with Gasteiger partial charge in [-0.25, -0.2) is 0 Å². The Morgan fingerprint density at radius 2 is 2.05 bits per heavy atom. The first-order chi connectivity index (χ1) is 9.17. The molecule has 3 fully saturated rings. The molecule has 19 heavy (non-hydrogen) atoms. The Morgan fingerprint density at radius 1 is 1.42 bits per heavy atom. The number of fused-ring (bicyclic) bond motifs is 5. The summed E-state index contributed by atoms with van der Waals surface area (Å²) < 4.78 is 0. The van der Waals surface area contributed by atoms with Gasteiger partial charge in [-0.3, -0.25) is 4.79 Å². The number of nitrogens with one attached hydrogen (secondary N) is 1. The van der Waals surface area contributed by atoms with E-state index in [1.165, 1.54) is 19.3 Å². The number of hydrogen-bond donors (Lipinski definition) is 3. The second kappa shape index (κ2) is 4.69. The standard InChI is InChI=1S/C14H23N3O2/c1-2-3-9(13(15)17-19)16-14(18)12-10-7-4-5-8(6-7)11(10)12/h7-12,19H,2-6H2,1H3,(H2,15,17)(H,16,18). The molecule has 5 atom stereocenters. The molecule has 5 unspecified atom stereocenters. The highest BCUT2D eigenvalue weighted by molar-refractivity contribution is 5.91. The van der Waals surface area contributed by atoms with Crippen molar-refractivity contribution in [2.45, 2.75) is 45.1 Å². The fourth-order valence-corrected chi connectivity index (χ4v) is 4.60. The largest absolute Gasteiger partial charge is 0.409 e. The number of rotatable bonds is 5. The molecule has 3 saturated carbocycles. The molecule has 0 spiro atoms. The number of amidine groups is 1. The molecule has 0 aromatic heterocycles. The Hall–Kier alpha value is -1.26. The maximum atomic E-state index is 12.3. The molecule has 0 aromatic rings. The lowest BCUT2D eigenvalue weighted by Gasteiger charge is -2.17. The highest BCUT2D eigenvalue weighted by Gasteiger charge is 2.67. The Morgan fingerprint density at radius 3 is 2.58 bits per heavy atom. The topological polar surface area (TPSA) is 87.7 Å². The van der Waals surface area contributed by atoms with Crippen LogP contribution in [0.1, 0.15) is 39.0 Å². The number of carbonyl (C=O) groups excluding carboxylic acids is 1. The van der Waals surface area contributed by atoms with Gasteiger partial charge in [-0.2, -0.15) is 0 Å². The molecule has 3 aliphatic rings. The molecule has 0 aliphatic heterocycles. The molecular weight excluding hydrogens is 242 g/mol. The fourth-order valence-electron chi connectivity index (χ4n) is 4.60. The van der Waals surface area contributed by atoms with Crippen LogP contribution in [0.3, 0.4) is 0 Å². The summed E-state index contributed by atoms with van der Waals surface area (Å²) in [5.74, 6) is 3.29. The molecule has 3 aliphatic carbocycles. The third-order valence-corrected chi connectivity index (χ3v) is 5.40. The van der Waals surface area contributed by atoms with Crippen molar-refractivity contribution in [1.82, 2.24) is 5.32 Å². The molecule has 2 bridgehead atoms. The number of carbonyl (C=O) groups is 1. The van der Waals surface area contributed by atoms with Gasteiger partial charge >= 0.3 is 0 Å². The van der Waals surface area contributed by atoms with Gasteiger partial charge in [0.2, 0.25) is 5.91 Å². The molecule has 5 heteroatoms. The Kier molecular flexibility index (Phi) is 3.15. The van der Waals surface area contributed by atoms with Crippen molar-refractivity contribution < 1.29 is 10.0 Å². The maximum absolute atomic E-state index is 12.3. The van der Waals surface area contributed by atoms with Crippen molar-refractivity contribution in [3.63, 3.8) is 0 Å². The molecule has 4 N–H and O–H groups in total. The van der Waals surface area contributed by atoms with Crippen LogP contribution in [0.4, 0.5) is 0 Å². The van der Waals surface area contributed by atoms with Gasteiger partial charge in [0.25, 0.3) is 0 Å². The summed E-state index contributed by atoms with van der Waals surface area (Å²) in [5, 5.41) is 14.8. The zero-order chi connectivity index (χ0) is 13.6. The Labute approximate surface area is 113 Å². The second-order valence-corrected chi connectivity index (χ2v) is 6.39. The highest BCUT2D eigenvalue weighted by Crippen LogP contribution is 2.69. The van der Waals surface area contributed by atoms with E-state index in [2.05, 4.69) is 10.5 Å². The van der Waals surface area contributed by atoms with E-state index in [-0.39, 0.29) is 23.7 Å². The van der Waals surface area contributed by atoms with Gasteiger partial charge in [-0.05, 0) is 49.4 Å². The molecule has 106 valence electrons. The van der Waals surface area contributed by atoms with Crippen molar-refractivity contribution in [3.05, 3.63) is 0 Å². The molecule has 0 heterocycles. The first-order valence-corrected chi connectivity index (χ1v) is 7.45. The lowest BCUT2D eigenvalue weighted by molar-refractivity contribution is -0.123. The van der Waals surface area contributed by atoms with Crippen LogP contribution < -0.4 is 11.1 Å². The summed E-state index contributed by atoms with van der Waals surface area (Å²) in [6.07, 6.45) is 5.58. The third kappa shape index (κ3) is 1.99. The van der Waals surface area contributed by atoms with Crippen LogP contribution in [0.25, 0.3) is 0 Å². The summed E-state index contributed by atoms with van der Waals surface area (Å²) in [4.78, 5) is 12.3. The van der Waals surface area contributed by atoms with Crippen molar-refractivity contribution >= 4 is 11.7 Å². The summed E-state index contributed by atoms with van der Waals surface area (Å²) in [7, 11) is 0. The van der Waals surface area contributed by atoms with Gasteiger partial charge in [-0.1, -0.05) is 18.5 Å². The molecule has 1 amide bonds. The minimum atomic E-state index is -0.318. The molecule has 0 saturated heterocycles. The van der Waals surface area contributed by atoms with E-state index in [1.807, 2.05) is 6.92 Å². The number of hydrogen-bond acceptors (Lipinski definition) is 3. The summed E-state index contributed by atoms with van der Waals surface area (Å²) in [6, 6.07) is -0.318. The zero-order valence-electron chi connectivity index (χ0n) is 11.4. The Balaban J connectivity index is 1.60. The quantitative estimate of drug-likeness (QED) is 0.303. The van der Waals surface area contributed by atoms with E-state index < -0.39 is 0 Å². The van der Waals surface area contributed by atoms with E-state index in [4.69, 9.17) is 10.9 Å². The van der Waals surface area contributed by atoms with Crippen molar-refractivity contribution in [2.75, 3.05) is 0 Å². The molecule has 5 nitrogen and oxygen atoms in total. The number of nitrogens with two attached hydrogens (primary N) is 1. The van der Waals surface area contributed by atoms with Crippen LogP contribution >= 0.6 is 0 Å².